The molecule has 0 aliphatic carbocycles. The van der Waals surface area contributed by atoms with Crippen molar-refractivity contribution in [2.75, 3.05) is 0 Å². The van der Waals surface area contributed by atoms with Crippen molar-refractivity contribution in [2.24, 2.45) is 0 Å². The van der Waals surface area contributed by atoms with E-state index in [2.05, 4.69) is 24.3 Å². The summed E-state index contributed by atoms with van der Waals surface area (Å²) in [5.41, 5.74) is 6.10. The summed E-state index contributed by atoms with van der Waals surface area (Å²) in [4.78, 5) is 0. The van der Waals surface area contributed by atoms with Crippen molar-refractivity contribution in [2.45, 2.75) is 13.2 Å². The van der Waals surface area contributed by atoms with Crippen LogP contribution in [0.5, 0.6) is 0 Å². The van der Waals surface area contributed by atoms with Crippen molar-refractivity contribution in [3.8, 4) is 22.3 Å². The predicted molar refractivity (Wildman–Crippen MR) is 89.2 cm³/mol. The number of hydrogen-bond donors (Lipinski definition) is 2. The van der Waals surface area contributed by atoms with Gasteiger partial charge in [0.2, 0.25) is 0 Å². The van der Waals surface area contributed by atoms with Crippen LogP contribution in [0, 0.1) is 0 Å². The fourth-order valence-corrected chi connectivity index (χ4v) is 2.71. The second kappa shape index (κ2) is 6.56. The molecule has 3 rings (SSSR count). The van der Waals surface area contributed by atoms with Crippen LogP contribution >= 0.6 is 0 Å². The van der Waals surface area contributed by atoms with E-state index in [0.29, 0.717) is 0 Å². The maximum absolute atomic E-state index is 9.45. The maximum atomic E-state index is 9.45. The molecular formula is C20H18O2. The molecule has 3 aromatic carbocycles. The minimum Gasteiger partial charge on any atom is -0.392 e. The van der Waals surface area contributed by atoms with Crippen LogP contribution < -0.4 is 0 Å². The Kier molecular flexibility index (Phi) is 4.33. The largest absolute Gasteiger partial charge is 0.392 e. The van der Waals surface area contributed by atoms with Gasteiger partial charge in [0.1, 0.15) is 0 Å². The van der Waals surface area contributed by atoms with Gasteiger partial charge < -0.3 is 10.2 Å². The lowest BCUT2D eigenvalue weighted by Gasteiger charge is -2.10. The van der Waals surface area contributed by atoms with Gasteiger partial charge in [0.15, 0.2) is 0 Å². The molecule has 0 aromatic heterocycles. The first-order valence-electron chi connectivity index (χ1n) is 7.32. The molecule has 0 saturated carbocycles. The molecule has 2 N–H and O–H groups in total. The van der Waals surface area contributed by atoms with E-state index in [9.17, 15) is 10.2 Å². The summed E-state index contributed by atoms with van der Waals surface area (Å²) in [6, 6.07) is 23.9. The standard InChI is InChI=1S/C20H18O2/c21-13-17-5-1-3-7-19(17)15-9-11-16(12-10-15)20-8-4-2-6-18(20)14-22/h1-12,21-22H,13-14H2. The lowest BCUT2D eigenvalue weighted by Crippen LogP contribution is -1.90. The maximum Gasteiger partial charge on any atom is 0.0687 e. The fraction of sp³-hybridized carbons (Fsp3) is 0.100. The van der Waals surface area contributed by atoms with Crippen molar-refractivity contribution in [3.63, 3.8) is 0 Å². The minimum atomic E-state index is 0.0330. The molecule has 3 aromatic rings. The lowest BCUT2D eigenvalue weighted by atomic mass is 9.95. The number of aliphatic hydroxyl groups is 2. The Balaban J connectivity index is 2.00. The summed E-state index contributed by atoms with van der Waals surface area (Å²) in [6.07, 6.45) is 0. The second-order valence-electron chi connectivity index (χ2n) is 5.21. The van der Waals surface area contributed by atoms with Crippen LogP contribution in [-0.2, 0) is 13.2 Å². The van der Waals surface area contributed by atoms with E-state index in [4.69, 9.17) is 0 Å². The van der Waals surface area contributed by atoms with Gasteiger partial charge in [-0.05, 0) is 33.4 Å². The lowest BCUT2D eigenvalue weighted by molar-refractivity contribution is 0.282. The molecule has 0 bridgehead atoms. The SMILES string of the molecule is OCc1ccccc1-c1ccc(-c2ccccc2CO)cc1. The first kappa shape index (κ1) is 14.5. The molecule has 0 unspecified atom stereocenters. The van der Waals surface area contributed by atoms with E-state index in [0.717, 1.165) is 33.4 Å². The van der Waals surface area contributed by atoms with Gasteiger partial charge >= 0.3 is 0 Å². The van der Waals surface area contributed by atoms with Crippen molar-refractivity contribution in [3.05, 3.63) is 83.9 Å². The van der Waals surface area contributed by atoms with Crippen molar-refractivity contribution in [1.29, 1.82) is 0 Å². The van der Waals surface area contributed by atoms with E-state index in [1.807, 2.05) is 48.5 Å². The van der Waals surface area contributed by atoms with Gasteiger partial charge in [-0.15, -0.1) is 0 Å². The molecule has 110 valence electrons. The summed E-state index contributed by atoms with van der Waals surface area (Å²) < 4.78 is 0. The number of hydrogen-bond acceptors (Lipinski definition) is 2. The van der Waals surface area contributed by atoms with Crippen molar-refractivity contribution >= 4 is 0 Å². The minimum absolute atomic E-state index is 0.0330. The zero-order valence-corrected chi connectivity index (χ0v) is 12.2. The highest BCUT2D eigenvalue weighted by Crippen LogP contribution is 2.28. The van der Waals surface area contributed by atoms with Crippen molar-refractivity contribution < 1.29 is 10.2 Å². The van der Waals surface area contributed by atoms with Crippen LogP contribution in [-0.4, -0.2) is 10.2 Å². The van der Waals surface area contributed by atoms with E-state index in [1.54, 1.807) is 0 Å². The van der Waals surface area contributed by atoms with E-state index in [-0.39, 0.29) is 13.2 Å². The molecule has 0 atom stereocenters. The van der Waals surface area contributed by atoms with E-state index >= 15 is 0 Å². The highest BCUT2D eigenvalue weighted by Gasteiger charge is 2.06. The molecular weight excluding hydrogens is 272 g/mol. The smallest absolute Gasteiger partial charge is 0.0687 e. The van der Waals surface area contributed by atoms with Gasteiger partial charge in [0.05, 0.1) is 13.2 Å². The molecule has 2 nitrogen and oxygen atoms in total. The summed E-state index contributed by atoms with van der Waals surface area (Å²) in [6.45, 7) is 0.0660. The van der Waals surface area contributed by atoms with Gasteiger partial charge in [-0.3, -0.25) is 0 Å². The third kappa shape index (κ3) is 2.80. The number of aliphatic hydroxyl groups excluding tert-OH is 2. The summed E-state index contributed by atoms with van der Waals surface area (Å²) in [5.74, 6) is 0. The molecule has 0 radical (unpaired) electrons. The third-order valence-corrected chi connectivity index (χ3v) is 3.88. The van der Waals surface area contributed by atoms with Crippen LogP contribution in [0.4, 0.5) is 0 Å². The molecule has 0 saturated heterocycles. The average molecular weight is 290 g/mol. The Morgan fingerprint density at radius 2 is 0.864 bits per heavy atom. The van der Waals surface area contributed by atoms with Gasteiger partial charge in [0.25, 0.3) is 0 Å². The molecule has 0 heterocycles. The van der Waals surface area contributed by atoms with E-state index < -0.39 is 0 Å². The van der Waals surface area contributed by atoms with Crippen LogP contribution in [0.2, 0.25) is 0 Å². The number of rotatable bonds is 4. The fourth-order valence-electron chi connectivity index (χ4n) is 2.71. The van der Waals surface area contributed by atoms with Gasteiger partial charge in [0, 0.05) is 0 Å². The van der Waals surface area contributed by atoms with Crippen LogP contribution in [0.3, 0.4) is 0 Å². The highest BCUT2D eigenvalue weighted by molar-refractivity contribution is 5.73. The molecule has 0 amide bonds. The Morgan fingerprint density at radius 1 is 0.500 bits per heavy atom. The predicted octanol–water partition coefficient (Wildman–Crippen LogP) is 4.01. The molecule has 0 fully saturated rings. The van der Waals surface area contributed by atoms with Crippen molar-refractivity contribution in [1.82, 2.24) is 0 Å². The first-order chi connectivity index (χ1) is 10.8. The monoisotopic (exact) mass is 290 g/mol. The normalized spacial score (nSPS) is 10.6. The van der Waals surface area contributed by atoms with Crippen LogP contribution in [0.25, 0.3) is 22.3 Å². The Labute approximate surface area is 130 Å². The molecule has 2 heteroatoms. The van der Waals surface area contributed by atoms with Crippen LogP contribution in [0.15, 0.2) is 72.8 Å². The molecule has 0 aliphatic heterocycles. The Hall–Kier alpha value is -2.42. The average Bonchev–Trinajstić information content (AvgIpc) is 2.62. The zero-order chi connectivity index (χ0) is 15.4. The van der Waals surface area contributed by atoms with Crippen LogP contribution in [0.1, 0.15) is 11.1 Å². The summed E-state index contributed by atoms with van der Waals surface area (Å²) >= 11 is 0. The second-order valence-corrected chi connectivity index (χ2v) is 5.21. The number of benzene rings is 3. The zero-order valence-electron chi connectivity index (χ0n) is 12.2. The summed E-state index contributed by atoms with van der Waals surface area (Å²) in [5, 5.41) is 18.9. The Morgan fingerprint density at radius 3 is 1.23 bits per heavy atom. The summed E-state index contributed by atoms with van der Waals surface area (Å²) in [7, 11) is 0. The van der Waals surface area contributed by atoms with Gasteiger partial charge in [-0.2, -0.15) is 0 Å². The van der Waals surface area contributed by atoms with E-state index in [1.165, 1.54) is 0 Å². The quantitative estimate of drug-likeness (QED) is 0.762. The molecule has 22 heavy (non-hydrogen) atoms. The van der Waals surface area contributed by atoms with Gasteiger partial charge in [-0.1, -0.05) is 72.8 Å². The Bertz CT molecular complexity index is 694. The topological polar surface area (TPSA) is 40.5 Å². The molecule has 0 aliphatic rings. The first-order valence-corrected chi connectivity index (χ1v) is 7.32. The third-order valence-electron chi connectivity index (χ3n) is 3.88. The highest BCUT2D eigenvalue weighted by atomic mass is 16.3. The van der Waals surface area contributed by atoms with Gasteiger partial charge in [-0.25, -0.2) is 0 Å². The molecule has 0 spiro atoms.